The number of amides is 1. The van der Waals surface area contributed by atoms with Crippen LogP contribution in [0.3, 0.4) is 0 Å². The number of halogens is 1. The first-order valence-electron chi connectivity index (χ1n) is 10.3. The molecule has 3 heterocycles. The maximum absolute atomic E-state index is 15.0. The number of aromatic hydroxyl groups is 1. The number of benzene rings is 2. The predicted molar refractivity (Wildman–Crippen MR) is 113 cm³/mol. The van der Waals surface area contributed by atoms with Crippen LogP contribution in [0.25, 0.3) is 0 Å². The first kappa shape index (κ1) is 19.7. The quantitative estimate of drug-likeness (QED) is 0.607. The Hall–Kier alpha value is -3.29. The van der Waals surface area contributed by atoms with E-state index in [0.29, 0.717) is 17.7 Å². The van der Waals surface area contributed by atoms with E-state index in [4.69, 9.17) is 0 Å². The third-order valence-electron chi connectivity index (χ3n) is 6.23. The molecule has 2 fully saturated rings. The summed E-state index contributed by atoms with van der Waals surface area (Å²) >= 11 is 0. The van der Waals surface area contributed by atoms with Gasteiger partial charge in [0, 0.05) is 36.0 Å². The van der Waals surface area contributed by atoms with Crippen LogP contribution in [0.15, 0.2) is 67.0 Å². The first-order chi connectivity index (χ1) is 15.0. The Bertz CT molecular complexity index is 1120. The molecule has 158 valence electrons. The van der Waals surface area contributed by atoms with Gasteiger partial charge in [-0.2, -0.15) is 0 Å². The molecular formula is C24H23FN4O2. The number of hydrazine groups is 1. The average Bonchev–Trinajstić information content (AvgIpc) is 3.31. The molecule has 1 aromatic heterocycles. The van der Waals surface area contributed by atoms with Gasteiger partial charge < -0.3 is 10.0 Å². The van der Waals surface area contributed by atoms with Crippen molar-refractivity contribution in [2.24, 2.45) is 5.92 Å². The van der Waals surface area contributed by atoms with E-state index < -0.39 is 12.1 Å². The van der Waals surface area contributed by atoms with Gasteiger partial charge in [0.25, 0.3) is 0 Å². The van der Waals surface area contributed by atoms with Gasteiger partial charge >= 0.3 is 0 Å². The summed E-state index contributed by atoms with van der Waals surface area (Å²) < 4.78 is 15.0. The Morgan fingerprint density at radius 1 is 1.06 bits per heavy atom. The molecule has 2 saturated heterocycles. The lowest BCUT2D eigenvalue weighted by atomic mass is 9.82. The summed E-state index contributed by atoms with van der Waals surface area (Å²) in [4.78, 5) is 19.3. The highest BCUT2D eigenvalue weighted by Gasteiger charge is 2.56. The largest absolute Gasteiger partial charge is 0.508 e. The van der Waals surface area contributed by atoms with Gasteiger partial charge in [0.05, 0.1) is 12.1 Å². The van der Waals surface area contributed by atoms with E-state index in [1.165, 1.54) is 6.07 Å². The van der Waals surface area contributed by atoms with Gasteiger partial charge in [-0.3, -0.25) is 9.78 Å². The summed E-state index contributed by atoms with van der Waals surface area (Å²) in [6, 6.07) is 14.3. The topological polar surface area (TPSA) is 77.5 Å². The molecule has 1 amide bonds. The van der Waals surface area contributed by atoms with Crippen molar-refractivity contribution in [3.63, 3.8) is 0 Å². The van der Waals surface area contributed by atoms with Crippen LogP contribution < -0.4 is 10.9 Å². The molecule has 0 radical (unpaired) electrons. The van der Waals surface area contributed by atoms with Gasteiger partial charge in [0.15, 0.2) is 0 Å². The average molecular weight is 418 g/mol. The Morgan fingerprint density at radius 2 is 1.87 bits per heavy atom. The number of pyridine rings is 1. The minimum absolute atomic E-state index is 0.107. The standard InChI is InChI=1S/C24H23FN4O2/c1-14-8-9-19(30)17(11-14)21-20-22(28-27-21)24(31)29(13-15-5-4-10-26-12-15)23(20)16-6-2-3-7-18(16)25/h2-12,20-23,27-28,30H,13H2,1H3. The second-order valence-corrected chi connectivity index (χ2v) is 8.18. The number of fused-ring (bicyclic) bond motifs is 1. The van der Waals surface area contributed by atoms with Gasteiger partial charge in [-0.05, 0) is 30.7 Å². The molecule has 0 spiro atoms. The van der Waals surface area contributed by atoms with Crippen LogP contribution in [-0.4, -0.2) is 26.9 Å². The summed E-state index contributed by atoms with van der Waals surface area (Å²) in [6.07, 6.45) is 3.40. The van der Waals surface area contributed by atoms with Crippen LogP contribution in [-0.2, 0) is 11.3 Å². The minimum Gasteiger partial charge on any atom is -0.508 e. The molecule has 2 aliphatic heterocycles. The molecule has 2 aliphatic rings. The summed E-state index contributed by atoms with van der Waals surface area (Å²) in [6.45, 7) is 2.28. The number of nitrogens with zero attached hydrogens (tertiary/aromatic N) is 2. The van der Waals surface area contributed by atoms with Crippen molar-refractivity contribution in [1.29, 1.82) is 0 Å². The molecule has 0 aliphatic carbocycles. The Balaban J connectivity index is 1.61. The zero-order valence-electron chi connectivity index (χ0n) is 17.0. The SMILES string of the molecule is Cc1ccc(O)c(C2NNC3C(=O)N(Cc4cccnc4)C(c4ccccc4F)C32)c1. The number of likely N-dealkylation sites (tertiary alicyclic amines) is 1. The molecule has 0 bridgehead atoms. The van der Waals surface area contributed by atoms with E-state index in [0.717, 1.165) is 11.1 Å². The summed E-state index contributed by atoms with van der Waals surface area (Å²) in [5.41, 5.74) is 9.32. The van der Waals surface area contributed by atoms with E-state index in [2.05, 4.69) is 15.8 Å². The van der Waals surface area contributed by atoms with Crippen LogP contribution in [0.2, 0.25) is 0 Å². The van der Waals surface area contributed by atoms with Crippen LogP contribution in [0.5, 0.6) is 5.75 Å². The second-order valence-electron chi connectivity index (χ2n) is 8.18. The fraction of sp³-hybridized carbons (Fsp3) is 0.250. The summed E-state index contributed by atoms with van der Waals surface area (Å²) in [5, 5.41) is 10.5. The Kier molecular flexibility index (Phi) is 4.92. The van der Waals surface area contributed by atoms with Crippen molar-refractivity contribution in [2.75, 3.05) is 0 Å². The van der Waals surface area contributed by atoms with Gasteiger partial charge in [-0.15, -0.1) is 0 Å². The molecule has 6 nitrogen and oxygen atoms in total. The van der Waals surface area contributed by atoms with E-state index in [9.17, 15) is 14.3 Å². The number of aromatic nitrogens is 1. The fourth-order valence-corrected chi connectivity index (χ4v) is 4.84. The minimum atomic E-state index is -0.536. The highest BCUT2D eigenvalue weighted by atomic mass is 19.1. The van der Waals surface area contributed by atoms with Crippen molar-refractivity contribution in [3.05, 3.63) is 95.1 Å². The maximum atomic E-state index is 15.0. The van der Waals surface area contributed by atoms with Crippen molar-refractivity contribution < 1.29 is 14.3 Å². The van der Waals surface area contributed by atoms with E-state index in [-0.39, 0.29) is 29.4 Å². The lowest BCUT2D eigenvalue weighted by Gasteiger charge is -2.31. The smallest absolute Gasteiger partial charge is 0.242 e. The number of carbonyl (C=O) groups is 1. The number of nitrogens with one attached hydrogen (secondary N) is 2. The van der Waals surface area contributed by atoms with Crippen molar-refractivity contribution in [1.82, 2.24) is 20.7 Å². The Morgan fingerprint density at radius 3 is 2.65 bits per heavy atom. The molecule has 4 unspecified atom stereocenters. The highest BCUT2D eigenvalue weighted by molar-refractivity contribution is 5.86. The van der Waals surface area contributed by atoms with Gasteiger partial charge in [0.2, 0.25) is 5.91 Å². The van der Waals surface area contributed by atoms with Crippen molar-refractivity contribution in [2.45, 2.75) is 31.6 Å². The molecule has 2 aromatic carbocycles. The van der Waals surface area contributed by atoms with Crippen LogP contribution in [0.1, 0.15) is 34.3 Å². The van der Waals surface area contributed by atoms with Crippen molar-refractivity contribution >= 4 is 5.91 Å². The van der Waals surface area contributed by atoms with E-state index in [1.807, 2.05) is 31.2 Å². The third kappa shape index (κ3) is 3.36. The molecule has 5 rings (SSSR count). The molecule has 3 N–H and O–H groups in total. The predicted octanol–water partition coefficient (Wildman–Crippen LogP) is 3.15. The van der Waals surface area contributed by atoms with Crippen LogP contribution in [0, 0.1) is 18.7 Å². The monoisotopic (exact) mass is 418 g/mol. The molecule has 4 atom stereocenters. The first-order valence-corrected chi connectivity index (χ1v) is 10.3. The number of hydrogen-bond donors (Lipinski definition) is 3. The van der Waals surface area contributed by atoms with Gasteiger partial charge in [0.1, 0.15) is 17.6 Å². The van der Waals surface area contributed by atoms with E-state index in [1.54, 1.807) is 41.6 Å². The number of carbonyl (C=O) groups excluding carboxylic acids is 1. The zero-order chi connectivity index (χ0) is 21.5. The van der Waals surface area contributed by atoms with Crippen LogP contribution in [0.4, 0.5) is 4.39 Å². The van der Waals surface area contributed by atoms with E-state index >= 15 is 0 Å². The lowest BCUT2D eigenvalue weighted by Crippen LogP contribution is -2.41. The maximum Gasteiger partial charge on any atom is 0.242 e. The summed E-state index contributed by atoms with van der Waals surface area (Å²) in [5.74, 6) is -0.620. The second kappa shape index (κ2) is 7.76. The number of rotatable bonds is 4. The Labute approximate surface area is 179 Å². The third-order valence-corrected chi connectivity index (χ3v) is 6.23. The van der Waals surface area contributed by atoms with Gasteiger partial charge in [-0.1, -0.05) is 42.0 Å². The van der Waals surface area contributed by atoms with Gasteiger partial charge in [-0.25, -0.2) is 15.2 Å². The molecule has 0 saturated carbocycles. The van der Waals surface area contributed by atoms with Crippen molar-refractivity contribution in [3.8, 4) is 5.75 Å². The van der Waals surface area contributed by atoms with Crippen LogP contribution >= 0.6 is 0 Å². The molecule has 7 heteroatoms. The molecular weight excluding hydrogens is 395 g/mol. The molecule has 31 heavy (non-hydrogen) atoms. The number of aryl methyl sites for hydroxylation is 1. The molecule has 3 aromatic rings. The number of hydrogen-bond acceptors (Lipinski definition) is 5. The normalized spacial score (nSPS) is 25.1. The fourth-order valence-electron chi connectivity index (χ4n) is 4.84. The zero-order valence-corrected chi connectivity index (χ0v) is 17.0. The number of phenolic OH excluding ortho intramolecular Hbond substituents is 1. The summed E-state index contributed by atoms with van der Waals surface area (Å²) in [7, 11) is 0. The number of phenols is 1. The highest BCUT2D eigenvalue weighted by Crippen LogP contribution is 2.49. The lowest BCUT2D eigenvalue weighted by molar-refractivity contribution is -0.131.